The van der Waals surface area contributed by atoms with Crippen LogP contribution in [-0.4, -0.2) is 43.3 Å². The number of guanidine groups is 1. The summed E-state index contributed by atoms with van der Waals surface area (Å²) in [5.74, 6) is -0.121. The van der Waals surface area contributed by atoms with E-state index in [-0.39, 0.29) is 12.5 Å². The van der Waals surface area contributed by atoms with E-state index in [9.17, 15) is 9.59 Å². The summed E-state index contributed by atoms with van der Waals surface area (Å²) in [4.78, 5) is 29.1. The Balaban J connectivity index is 1.93. The molecule has 2 rings (SSSR count). The molecule has 0 spiro atoms. The fourth-order valence-electron chi connectivity index (χ4n) is 2.33. The molecule has 2 aromatic rings. The van der Waals surface area contributed by atoms with Crippen LogP contribution in [-0.2, 0) is 17.9 Å². The molecule has 0 radical (unpaired) electrons. The number of hydrogen-bond acceptors (Lipinski definition) is 3. The number of nitrogens with zero attached hydrogens (tertiary/aromatic N) is 2. The molecule has 7 heteroatoms. The molecule has 2 amide bonds. The standard InChI is InChI=1S/C20H25N5O2/c1-25(2)20(23-12-15-6-4-3-5-7-15)24-13-16-8-10-17(11-9-16)19(27)22-14-18(21)26/h3-11H,12-14H2,1-2H3,(H2,21,26)(H,22,27)(H,23,24). The van der Waals surface area contributed by atoms with Crippen LogP contribution in [0.2, 0.25) is 0 Å². The van der Waals surface area contributed by atoms with Gasteiger partial charge in [0.15, 0.2) is 5.96 Å². The quantitative estimate of drug-likeness (QED) is 0.504. The largest absolute Gasteiger partial charge is 0.368 e. The molecular weight excluding hydrogens is 342 g/mol. The van der Waals surface area contributed by atoms with E-state index in [4.69, 9.17) is 5.73 Å². The fourth-order valence-corrected chi connectivity index (χ4v) is 2.33. The minimum atomic E-state index is -0.574. The summed E-state index contributed by atoms with van der Waals surface area (Å²) in [6, 6.07) is 17.2. The summed E-state index contributed by atoms with van der Waals surface area (Å²) in [6.07, 6.45) is 0. The van der Waals surface area contributed by atoms with E-state index in [1.165, 1.54) is 0 Å². The van der Waals surface area contributed by atoms with E-state index in [1.807, 2.05) is 61.5 Å². The summed E-state index contributed by atoms with van der Waals surface area (Å²) in [5, 5.41) is 5.77. The van der Waals surface area contributed by atoms with Gasteiger partial charge in [-0.15, -0.1) is 0 Å². The SMILES string of the molecule is CN(C)C(=NCc1ccccc1)NCc1ccc(C(=O)NCC(N)=O)cc1. The number of rotatable bonds is 7. The van der Waals surface area contributed by atoms with Gasteiger partial charge in [0, 0.05) is 26.2 Å². The van der Waals surface area contributed by atoms with Crippen molar-refractivity contribution in [2.24, 2.45) is 10.7 Å². The smallest absolute Gasteiger partial charge is 0.251 e. The van der Waals surface area contributed by atoms with E-state index in [1.54, 1.807) is 12.1 Å². The topological polar surface area (TPSA) is 99.8 Å². The fraction of sp³-hybridized carbons (Fsp3) is 0.250. The van der Waals surface area contributed by atoms with E-state index in [0.717, 1.165) is 17.1 Å². The molecule has 0 aliphatic carbocycles. The van der Waals surface area contributed by atoms with Crippen LogP contribution < -0.4 is 16.4 Å². The van der Waals surface area contributed by atoms with Gasteiger partial charge >= 0.3 is 0 Å². The Kier molecular flexibility index (Phi) is 7.37. The number of amides is 2. The zero-order valence-corrected chi connectivity index (χ0v) is 15.6. The molecule has 4 N–H and O–H groups in total. The van der Waals surface area contributed by atoms with Crippen LogP contribution in [0.5, 0.6) is 0 Å². The molecule has 0 saturated carbocycles. The highest BCUT2D eigenvalue weighted by Crippen LogP contribution is 2.05. The number of hydrogen-bond donors (Lipinski definition) is 3. The zero-order valence-electron chi connectivity index (χ0n) is 15.6. The molecular formula is C20H25N5O2. The maximum Gasteiger partial charge on any atom is 0.251 e. The lowest BCUT2D eigenvalue weighted by molar-refractivity contribution is -0.117. The Labute approximate surface area is 159 Å². The summed E-state index contributed by atoms with van der Waals surface area (Å²) in [5.41, 5.74) is 7.65. The summed E-state index contributed by atoms with van der Waals surface area (Å²) in [7, 11) is 3.87. The van der Waals surface area contributed by atoms with Gasteiger partial charge in [0.05, 0.1) is 13.1 Å². The first-order valence-electron chi connectivity index (χ1n) is 8.60. The molecule has 0 atom stereocenters. The number of nitrogens with one attached hydrogen (secondary N) is 2. The van der Waals surface area contributed by atoms with Crippen LogP contribution in [0.4, 0.5) is 0 Å². The maximum absolute atomic E-state index is 11.9. The van der Waals surface area contributed by atoms with Crippen molar-refractivity contribution < 1.29 is 9.59 Å². The van der Waals surface area contributed by atoms with Crippen molar-refractivity contribution in [1.82, 2.24) is 15.5 Å². The predicted molar refractivity (Wildman–Crippen MR) is 106 cm³/mol. The highest BCUT2D eigenvalue weighted by atomic mass is 16.2. The molecule has 142 valence electrons. The van der Waals surface area contributed by atoms with Crippen molar-refractivity contribution >= 4 is 17.8 Å². The molecule has 0 aliphatic heterocycles. The highest BCUT2D eigenvalue weighted by molar-refractivity contribution is 5.96. The van der Waals surface area contributed by atoms with E-state index in [2.05, 4.69) is 15.6 Å². The van der Waals surface area contributed by atoms with Crippen LogP contribution in [0.3, 0.4) is 0 Å². The van der Waals surface area contributed by atoms with Gasteiger partial charge in [0.1, 0.15) is 0 Å². The van der Waals surface area contributed by atoms with Crippen molar-refractivity contribution in [2.75, 3.05) is 20.6 Å². The Hall–Kier alpha value is -3.35. The second-order valence-electron chi connectivity index (χ2n) is 6.22. The van der Waals surface area contributed by atoms with Crippen molar-refractivity contribution in [1.29, 1.82) is 0 Å². The van der Waals surface area contributed by atoms with Crippen molar-refractivity contribution in [2.45, 2.75) is 13.1 Å². The zero-order chi connectivity index (χ0) is 19.6. The van der Waals surface area contributed by atoms with E-state index >= 15 is 0 Å². The first kappa shape index (κ1) is 20.0. The molecule has 27 heavy (non-hydrogen) atoms. The van der Waals surface area contributed by atoms with Gasteiger partial charge in [0.25, 0.3) is 5.91 Å². The number of nitrogens with two attached hydrogens (primary N) is 1. The summed E-state index contributed by atoms with van der Waals surface area (Å²) >= 11 is 0. The second-order valence-corrected chi connectivity index (χ2v) is 6.22. The average Bonchev–Trinajstić information content (AvgIpc) is 2.67. The van der Waals surface area contributed by atoms with Gasteiger partial charge in [-0.3, -0.25) is 9.59 Å². The molecule has 0 aromatic heterocycles. The van der Waals surface area contributed by atoms with Crippen LogP contribution in [0.1, 0.15) is 21.5 Å². The third-order valence-corrected chi connectivity index (χ3v) is 3.77. The third-order valence-electron chi connectivity index (χ3n) is 3.77. The monoisotopic (exact) mass is 367 g/mol. The number of aliphatic imine (C=N–C) groups is 1. The summed E-state index contributed by atoms with van der Waals surface area (Å²) in [6.45, 7) is 1.00. The molecule has 0 fully saturated rings. The lowest BCUT2D eigenvalue weighted by Gasteiger charge is -2.18. The van der Waals surface area contributed by atoms with Gasteiger partial charge in [0.2, 0.25) is 5.91 Å². The Morgan fingerprint density at radius 1 is 0.963 bits per heavy atom. The normalized spacial score (nSPS) is 11.0. The Morgan fingerprint density at radius 2 is 1.63 bits per heavy atom. The van der Waals surface area contributed by atoms with Gasteiger partial charge in [-0.25, -0.2) is 4.99 Å². The number of primary amides is 1. The van der Waals surface area contributed by atoms with Crippen LogP contribution >= 0.6 is 0 Å². The molecule has 0 heterocycles. The van der Waals surface area contributed by atoms with Crippen molar-refractivity contribution in [3.8, 4) is 0 Å². The van der Waals surface area contributed by atoms with Crippen LogP contribution in [0.25, 0.3) is 0 Å². The molecule has 0 bridgehead atoms. The van der Waals surface area contributed by atoms with E-state index < -0.39 is 5.91 Å². The number of carbonyl (C=O) groups is 2. The molecule has 0 saturated heterocycles. The lowest BCUT2D eigenvalue weighted by Crippen LogP contribution is -2.36. The minimum Gasteiger partial charge on any atom is -0.368 e. The van der Waals surface area contributed by atoms with E-state index in [0.29, 0.717) is 18.7 Å². The van der Waals surface area contributed by atoms with Crippen LogP contribution in [0, 0.1) is 0 Å². The first-order chi connectivity index (χ1) is 13.0. The van der Waals surface area contributed by atoms with Crippen molar-refractivity contribution in [3.05, 3.63) is 71.3 Å². The molecule has 7 nitrogen and oxygen atoms in total. The molecule has 0 unspecified atom stereocenters. The Morgan fingerprint density at radius 3 is 2.22 bits per heavy atom. The Bertz CT molecular complexity index is 786. The van der Waals surface area contributed by atoms with Gasteiger partial charge in [-0.2, -0.15) is 0 Å². The van der Waals surface area contributed by atoms with Gasteiger partial charge in [-0.1, -0.05) is 42.5 Å². The molecule has 2 aromatic carbocycles. The molecule has 0 aliphatic rings. The van der Waals surface area contributed by atoms with Crippen molar-refractivity contribution in [3.63, 3.8) is 0 Å². The average molecular weight is 367 g/mol. The summed E-state index contributed by atoms with van der Waals surface area (Å²) < 4.78 is 0. The maximum atomic E-state index is 11.9. The highest BCUT2D eigenvalue weighted by Gasteiger charge is 2.07. The minimum absolute atomic E-state index is 0.174. The number of benzene rings is 2. The van der Waals surface area contributed by atoms with Gasteiger partial charge < -0.3 is 21.3 Å². The third kappa shape index (κ3) is 6.81. The van der Waals surface area contributed by atoms with Crippen LogP contribution in [0.15, 0.2) is 59.6 Å². The lowest BCUT2D eigenvalue weighted by atomic mass is 10.1. The number of carbonyl (C=O) groups excluding carboxylic acids is 2. The predicted octanol–water partition coefficient (Wildman–Crippen LogP) is 1.11. The first-order valence-corrected chi connectivity index (χ1v) is 8.60. The van der Waals surface area contributed by atoms with Gasteiger partial charge in [-0.05, 0) is 23.3 Å². The second kappa shape index (κ2) is 9.96.